The van der Waals surface area contributed by atoms with Crippen LogP contribution in [0.1, 0.15) is 69.0 Å². The Morgan fingerprint density at radius 2 is 1.93 bits per heavy atom. The average molecular weight is 583 g/mol. The van der Waals surface area contributed by atoms with E-state index in [-0.39, 0.29) is 55.4 Å². The summed E-state index contributed by atoms with van der Waals surface area (Å²) in [7, 11) is 0. The molecule has 1 saturated carbocycles. The second kappa shape index (κ2) is 12.3. The molecule has 5 rings (SSSR count). The summed E-state index contributed by atoms with van der Waals surface area (Å²) in [5, 5.41) is 26.8. The van der Waals surface area contributed by atoms with Gasteiger partial charge in [0.1, 0.15) is 18.1 Å². The summed E-state index contributed by atoms with van der Waals surface area (Å²) in [6.07, 6.45) is 0.836. The quantitative estimate of drug-likeness (QED) is 0.328. The Bertz CT molecular complexity index is 1350. The Kier molecular flexibility index (Phi) is 8.77. The van der Waals surface area contributed by atoms with Gasteiger partial charge in [0.2, 0.25) is 11.8 Å². The van der Waals surface area contributed by atoms with Crippen LogP contribution in [0, 0.1) is 18.8 Å². The third-order valence-electron chi connectivity index (χ3n) is 8.13. The van der Waals surface area contributed by atoms with E-state index in [1.807, 2.05) is 57.5 Å². The van der Waals surface area contributed by atoms with Crippen molar-refractivity contribution in [1.29, 1.82) is 0 Å². The molecule has 2 fully saturated rings. The molecule has 4 atom stereocenters. The van der Waals surface area contributed by atoms with Crippen LogP contribution in [0.25, 0.3) is 10.4 Å². The molecular weight excluding hydrogens is 544 g/mol. The first-order valence-electron chi connectivity index (χ1n) is 14.2. The Hall–Kier alpha value is -3.28. The summed E-state index contributed by atoms with van der Waals surface area (Å²) in [5.74, 6) is -0.517. The number of ether oxygens (including phenoxy) is 1. The topological polar surface area (TPSA) is 138 Å². The second-order valence-electron chi connectivity index (χ2n) is 11.6. The predicted molar refractivity (Wildman–Crippen MR) is 153 cm³/mol. The molecule has 1 unspecified atom stereocenters. The van der Waals surface area contributed by atoms with Crippen LogP contribution in [-0.4, -0.2) is 68.5 Å². The maximum absolute atomic E-state index is 13.8. The Morgan fingerprint density at radius 3 is 2.56 bits per heavy atom. The van der Waals surface area contributed by atoms with Crippen molar-refractivity contribution in [1.82, 2.24) is 20.4 Å². The molecule has 1 aliphatic heterocycles. The number of nitrogens with zero attached hydrogens (tertiary/aromatic N) is 3. The van der Waals surface area contributed by atoms with Crippen molar-refractivity contribution >= 4 is 23.2 Å². The lowest BCUT2D eigenvalue weighted by Gasteiger charge is -2.33. The third-order valence-corrected chi connectivity index (χ3v) is 9.10. The van der Waals surface area contributed by atoms with E-state index >= 15 is 0 Å². The number of nitrogens with one attached hydrogen (secondary N) is 1. The number of aliphatic hydroxyl groups is 2. The number of hydrogen-bond donors (Lipinski definition) is 3. The van der Waals surface area contributed by atoms with Crippen LogP contribution in [0.3, 0.4) is 0 Å². The van der Waals surface area contributed by atoms with E-state index in [1.165, 1.54) is 4.90 Å². The third kappa shape index (κ3) is 6.32. The smallest absolute Gasteiger partial charge is 0.254 e. The van der Waals surface area contributed by atoms with E-state index in [0.717, 1.165) is 34.5 Å². The normalized spacial score (nSPS) is 23.7. The summed E-state index contributed by atoms with van der Waals surface area (Å²) in [6.45, 7) is 7.91. The lowest BCUT2D eigenvalue weighted by Crippen LogP contribution is -2.48. The van der Waals surface area contributed by atoms with Crippen LogP contribution in [0.2, 0.25) is 0 Å². The molecule has 0 radical (unpaired) electrons. The molecule has 2 amide bonds. The maximum atomic E-state index is 13.8. The lowest BCUT2D eigenvalue weighted by molar-refractivity contribution is -0.141. The summed E-state index contributed by atoms with van der Waals surface area (Å²) in [4.78, 5) is 34.2. The fourth-order valence-electron chi connectivity index (χ4n) is 5.68. The van der Waals surface area contributed by atoms with Crippen LogP contribution in [0.5, 0.6) is 5.88 Å². The highest BCUT2D eigenvalue weighted by molar-refractivity contribution is 7.13. The molecule has 1 aliphatic carbocycles. The van der Waals surface area contributed by atoms with Crippen molar-refractivity contribution in [2.24, 2.45) is 11.8 Å². The summed E-state index contributed by atoms with van der Waals surface area (Å²) in [6, 6.07) is 8.55. The number of β-amino-alcohol motifs (C(OH)–C–C–N with tert-alkyl or cyclic N) is 1. The van der Waals surface area contributed by atoms with E-state index in [2.05, 4.69) is 15.5 Å². The molecule has 0 bridgehead atoms. The van der Waals surface area contributed by atoms with Crippen LogP contribution < -0.4 is 10.1 Å². The molecule has 2 aromatic heterocycles. The lowest BCUT2D eigenvalue weighted by atomic mass is 9.83. The van der Waals surface area contributed by atoms with Crippen LogP contribution in [0.15, 0.2) is 40.4 Å². The van der Waals surface area contributed by atoms with Crippen molar-refractivity contribution in [3.8, 4) is 16.3 Å². The molecule has 10 nitrogen and oxygen atoms in total. The van der Waals surface area contributed by atoms with Gasteiger partial charge in [-0.2, -0.15) is 0 Å². The molecule has 3 N–H and O–H groups in total. The molecule has 11 heteroatoms. The minimum Gasteiger partial charge on any atom is -0.472 e. The summed E-state index contributed by atoms with van der Waals surface area (Å²) >= 11 is 1.59. The number of likely N-dealkylation sites (tertiary alicyclic amines) is 1. The minimum atomic E-state index is -0.802. The molecule has 3 heterocycles. The molecule has 3 aromatic rings. The van der Waals surface area contributed by atoms with Gasteiger partial charge in [-0.3, -0.25) is 9.59 Å². The number of thiazole rings is 1. The highest BCUT2D eigenvalue weighted by atomic mass is 32.1. The van der Waals surface area contributed by atoms with E-state index in [4.69, 9.17) is 9.26 Å². The molecule has 2 aliphatic rings. The average Bonchev–Trinajstić information content (AvgIpc) is 3.66. The largest absolute Gasteiger partial charge is 0.472 e. The van der Waals surface area contributed by atoms with Crippen LogP contribution in [-0.2, 0) is 9.59 Å². The molecule has 41 heavy (non-hydrogen) atoms. The molecule has 0 spiro atoms. The van der Waals surface area contributed by atoms with Crippen molar-refractivity contribution in [3.05, 3.63) is 52.9 Å². The van der Waals surface area contributed by atoms with E-state index in [0.29, 0.717) is 11.6 Å². The molecule has 220 valence electrons. The zero-order valence-electron chi connectivity index (χ0n) is 23.8. The van der Waals surface area contributed by atoms with Crippen molar-refractivity contribution in [2.45, 2.75) is 77.2 Å². The Labute approximate surface area is 243 Å². The number of amides is 2. The maximum Gasteiger partial charge on any atom is 0.254 e. The van der Waals surface area contributed by atoms with Gasteiger partial charge in [0.25, 0.3) is 5.88 Å². The van der Waals surface area contributed by atoms with Gasteiger partial charge in [-0.1, -0.05) is 38.1 Å². The molecular formula is C30H38N4O6S. The van der Waals surface area contributed by atoms with E-state index < -0.39 is 18.1 Å². The first-order valence-corrected chi connectivity index (χ1v) is 15.1. The molecule has 1 saturated heterocycles. The summed E-state index contributed by atoms with van der Waals surface area (Å²) < 4.78 is 11.4. The van der Waals surface area contributed by atoms with Gasteiger partial charge < -0.3 is 29.7 Å². The first-order chi connectivity index (χ1) is 19.6. The SMILES string of the molecule is Cc1ncsc1-c1ccc([C@H](C)NC(=O)[C@@H]2C[C@@H](O)CN2C(=O)C(c2cc(OC3CC(CO)C3)no2)C(C)C)cc1. The predicted octanol–water partition coefficient (Wildman–Crippen LogP) is 3.84. The first kappa shape index (κ1) is 29.2. The van der Waals surface area contributed by atoms with Crippen molar-refractivity contribution < 1.29 is 29.1 Å². The Morgan fingerprint density at radius 1 is 1.20 bits per heavy atom. The monoisotopic (exact) mass is 582 g/mol. The second-order valence-corrected chi connectivity index (χ2v) is 12.4. The van der Waals surface area contributed by atoms with Crippen LogP contribution >= 0.6 is 11.3 Å². The highest BCUT2D eigenvalue weighted by Gasteiger charge is 2.43. The van der Waals surface area contributed by atoms with Crippen LogP contribution in [0.4, 0.5) is 0 Å². The van der Waals surface area contributed by atoms with E-state index in [9.17, 15) is 19.8 Å². The van der Waals surface area contributed by atoms with Crippen molar-refractivity contribution in [2.75, 3.05) is 13.2 Å². The number of carbonyl (C=O) groups is 2. The van der Waals surface area contributed by atoms with Crippen molar-refractivity contribution in [3.63, 3.8) is 0 Å². The summed E-state index contributed by atoms with van der Waals surface area (Å²) in [5.41, 5.74) is 4.82. The van der Waals surface area contributed by atoms with Gasteiger partial charge in [-0.05, 0) is 54.8 Å². The van der Waals surface area contributed by atoms with Gasteiger partial charge in [0, 0.05) is 25.6 Å². The zero-order valence-corrected chi connectivity index (χ0v) is 24.6. The fraction of sp³-hybridized carbons (Fsp3) is 0.533. The Balaban J connectivity index is 1.25. The number of carbonyl (C=O) groups excluding carboxylic acids is 2. The fourth-order valence-corrected chi connectivity index (χ4v) is 6.49. The van der Waals surface area contributed by atoms with Gasteiger partial charge in [-0.15, -0.1) is 11.3 Å². The minimum absolute atomic E-state index is 0.0323. The van der Waals surface area contributed by atoms with Gasteiger partial charge in [0.15, 0.2) is 5.76 Å². The van der Waals surface area contributed by atoms with Gasteiger partial charge in [-0.25, -0.2) is 4.98 Å². The van der Waals surface area contributed by atoms with Gasteiger partial charge >= 0.3 is 0 Å². The van der Waals surface area contributed by atoms with Gasteiger partial charge in [0.05, 0.1) is 28.2 Å². The zero-order chi connectivity index (χ0) is 29.3. The number of aryl methyl sites for hydroxylation is 1. The highest BCUT2D eigenvalue weighted by Crippen LogP contribution is 2.35. The number of aliphatic hydroxyl groups excluding tert-OH is 2. The molecule has 1 aromatic carbocycles. The number of rotatable bonds is 10. The number of hydrogen-bond acceptors (Lipinski definition) is 9. The number of aromatic nitrogens is 2. The van der Waals surface area contributed by atoms with E-state index in [1.54, 1.807) is 17.4 Å². The number of benzene rings is 1. The standard InChI is InChI=1S/C30H38N4O6S/c1-16(2)27(25-12-26(33-40-25)39-23-9-19(10-23)14-35)30(38)34-13-22(36)11-24(34)29(37)32-17(3)20-5-7-21(8-6-20)28-18(4)31-15-41-28/h5-8,12,15-17,19,22-24,27,35-36H,9-11,13-14H2,1-4H3,(H,32,37)/t17-,19?,22+,23?,24-,27?/m0/s1.